The molecule has 2 nitrogen and oxygen atoms in total. The van der Waals surface area contributed by atoms with Crippen LogP contribution >= 0.6 is 0 Å². The normalized spacial score (nSPS) is 10.1. The van der Waals surface area contributed by atoms with E-state index in [1.807, 2.05) is 24.3 Å². The molecule has 12 heavy (non-hydrogen) atoms. The molecule has 1 aromatic heterocycles. The maximum atomic E-state index is 4.77. The van der Waals surface area contributed by atoms with E-state index >= 15 is 0 Å². The van der Waals surface area contributed by atoms with Gasteiger partial charge in [0.2, 0.25) is 0 Å². The van der Waals surface area contributed by atoms with Crippen molar-refractivity contribution in [3.05, 3.63) is 42.2 Å². The molecule has 60 valence electrons. The summed E-state index contributed by atoms with van der Waals surface area (Å²) in [5, 5.41) is 3.87. The SMILES string of the molecule is Cc1ccccc1-c1ccon1. The Morgan fingerprint density at radius 1 is 1.17 bits per heavy atom. The van der Waals surface area contributed by atoms with Crippen LogP contribution in [0.2, 0.25) is 0 Å². The Morgan fingerprint density at radius 3 is 2.67 bits per heavy atom. The van der Waals surface area contributed by atoms with Crippen LogP contribution in [0.15, 0.2) is 41.1 Å². The standard InChI is InChI=1S/C10H9NO/c1-8-4-2-3-5-9(8)10-6-7-12-11-10/h2-7H,1H3. The van der Waals surface area contributed by atoms with Crippen LogP contribution in [-0.4, -0.2) is 5.16 Å². The van der Waals surface area contributed by atoms with Crippen LogP contribution in [0.3, 0.4) is 0 Å². The van der Waals surface area contributed by atoms with Crippen molar-refractivity contribution in [3.63, 3.8) is 0 Å². The van der Waals surface area contributed by atoms with Gasteiger partial charge in [0, 0.05) is 11.6 Å². The molecule has 0 saturated heterocycles. The summed E-state index contributed by atoms with van der Waals surface area (Å²) in [7, 11) is 0. The molecule has 0 amide bonds. The molecule has 0 radical (unpaired) electrons. The van der Waals surface area contributed by atoms with Gasteiger partial charge >= 0.3 is 0 Å². The van der Waals surface area contributed by atoms with Crippen LogP contribution in [0.5, 0.6) is 0 Å². The Hall–Kier alpha value is -1.57. The van der Waals surface area contributed by atoms with Crippen LogP contribution in [0.25, 0.3) is 11.3 Å². The Morgan fingerprint density at radius 2 is 2.00 bits per heavy atom. The van der Waals surface area contributed by atoms with Crippen LogP contribution in [0, 0.1) is 6.92 Å². The molecule has 0 fully saturated rings. The second-order valence-corrected chi connectivity index (χ2v) is 2.70. The zero-order valence-electron chi connectivity index (χ0n) is 6.82. The van der Waals surface area contributed by atoms with E-state index in [1.165, 1.54) is 5.56 Å². The molecule has 2 heteroatoms. The van der Waals surface area contributed by atoms with Crippen molar-refractivity contribution in [1.29, 1.82) is 0 Å². The van der Waals surface area contributed by atoms with Crippen molar-refractivity contribution in [2.75, 3.05) is 0 Å². The lowest BCUT2D eigenvalue weighted by Crippen LogP contribution is -1.80. The lowest BCUT2D eigenvalue weighted by atomic mass is 10.1. The molecular formula is C10H9NO. The van der Waals surface area contributed by atoms with Gasteiger partial charge in [-0.15, -0.1) is 0 Å². The van der Waals surface area contributed by atoms with Crippen LogP contribution in [0.1, 0.15) is 5.56 Å². The number of aromatic nitrogens is 1. The third-order valence-electron chi connectivity index (χ3n) is 1.86. The second kappa shape index (κ2) is 2.81. The summed E-state index contributed by atoms with van der Waals surface area (Å²) in [6, 6.07) is 9.97. The highest BCUT2D eigenvalue weighted by molar-refractivity contribution is 5.62. The first-order valence-corrected chi connectivity index (χ1v) is 3.84. The predicted molar refractivity (Wildman–Crippen MR) is 46.7 cm³/mol. The monoisotopic (exact) mass is 159 g/mol. The Bertz CT molecular complexity index is 365. The highest BCUT2D eigenvalue weighted by atomic mass is 16.5. The number of hydrogen-bond acceptors (Lipinski definition) is 2. The first kappa shape index (κ1) is 7.10. The first-order chi connectivity index (χ1) is 5.88. The van der Waals surface area contributed by atoms with E-state index in [2.05, 4.69) is 18.1 Å². The van der Waals surface area contributed by atoms with Gasteiger partial charge in [0.05, 0.1) is 0 Å². The third-order valence-corrected chi connectivity index (χ3v) is 1.86. The number of hydrogen-bond donors (Lipinski definition) is 0. The van der Waals surface area contributed by atoms with Gasteiger partial charge in [0.1, 0.15) is 12.0 Å². The van der Waals surface area contributed by atoms with Crippen molar-refractivity contribution >= 4 is 0 Å². The van der Waals surface area contributed by atoms with E-state index in [1.54, 1.807) is 6.26 Å². The summed E-state index contributed by atoms with van der Waals surface area (Å²) >= 11 is 0. The van der Waals surface area contributed by atoms with Gasteiger partial charge in [-0.2, -0.15) is 0 Å². The largest absolute Gasteiger partial charge is 0.364 e. The quantitative estimate of drug-likeness (QED) is 0.639. The van der Waals surface area contributed by atoms with E-state index in [0.717, 1.165) is 11.3 Å². The molecule has 0 unspecified atom stereocenters. The second-order valence-electron chi connectivity index (χ2n) is 2.70. The number of aryl methyl sites for hydroxylation is 1. The molecule has 0 N–H and O–H groups in total. The number of benzene rings is 1. The topological polar surface area (TPSA) is 26.0 Å². The zero-order valence-corrected chi connectivity index (χ0v) is 6.82. The van der Waals surface area contributed by atoms with E-state index in [0.29, 0.717) is 0 Å². The predicted octanol–water partition coefficient (Wildman–Crippen LogP) is 2.65. The van der Waals surface area contributed by atoms with Crippen LogP contribution in [0.4, 0.5) is 0 Å². The Balaban J connectivity index is 2.55. The Kier molecular flexibility index (Phi) is 1.67. The molecule has 2 aromatic rings. The van der Waals surface area contributed by atoms with Gasteiger partial charge in [-0.1, -0.05) is 29.4 Å². The Labute approximate surface area is 70.8 Å². The van der Waals surface area contributed by atoms with Crippen molar-refractivity contribution in [1.82, 2.24) is 5.16 Å². The fourth-order valence-electron chi connectivity index (χ4n) is 1.21. The molecule has 0 aliphatic rings. The summed E-state index contributed by atoms with van der Waals surface area (Å²) in [6.07, 6.45) is 1.59. The average Bonchev–Trinajstić information content (AvgIpc) is 2.57. The minimum absolute atomic E-state index is 0.896. The van der Waals surface area contributed by atoms with Gasteiger partial charge < -0.3 is 4.52 Å². The molecule has 0 aliphatic carbocycles. The summed E-state index contributed by atoms with van der Waals surface area (Å²) in [4.78, 5) is 0. The van der Waals surface area contributed by atoms with Gasteiger partial charge in [-0.25, -0.2) is 0 Å². The molecular weight excluding hydrogens is 150 g/mol. The van der Waals surface area contributed by atoms with Crippen LogP contribution in [-0.2, 0) is 0 Å². The van der Waals surface area contributed by atoms with Gasteiger partial charge in [-0.05, 0) is 12.5 Å². The van der Waals surface area contributed by atoms with Gasteiger partial charge in [-0.3, -0.25) is 0 Å². The first-order valence-electron chi connectivity index (χ1n) is 3.84. The highest BCUT2D eigenvalue weighted by Crippen LogP contribution is 2.20. The van der Waals surface area contributed by atoms with Gasteiger partial charge in [0.15, 0.2) is 0 Å². The number of rotatable bonds is 1. The average molecular weight is 159 g/mol. The molecule has 1 aromatic carbocycles. The van der Waals surface area contributed by atoms with Crippen molar-refractivity contribution < 1.29 is 4.52 Å². The smallest absolute Gasteiger partial charge is 0.124 e. The fraction of sp³-hybridized carbons (Fsp3) is 0.100. The maximum Gasteiger partial charge on any atom is 0.124 e. The van der Waals surface area contributed by atoms with E-state index in [9.17, 15) is 0 Å². The highest BCUT2D eigenvalue weighted by Gasteiger charge is 2.02. The lowest BCUT2D eigenvalue weighted by Gasteiger charge is -1.98. The van der Waals surface area contributed by atoms with E-state index in [-0.39, 0.29) is 0 Å². The van der Waals surface area contributed by atoms with E-state index in [4.69, 9.17) is 4.52 Å². The minimum atomic E-state index is 0.896. The summed E-state index contributed by atoms with van der Waals surface area (Å²) in [5.74, 6) is 0. The summed E-state index contributed by atoms with van der Waals surface area (Å²) in [5.41, 5.74) is 3.24. The molecule has 0 saturated carbocycles. The third kappa shape index (κ3) is 1.11. The molecule has 1 heterocycles. The molecule has 0 spiro atoms. The number of nitrogens with zero attached hydrogens (tertiary/aromatic N) is 1. The fourth-order valence-corrected chi connectivity index (χ4v) is 1.21. The summed E-state index contributed by atoms with van der Waals surface area (Å²) < 4.78 is 4.77. The molecule has 0 atom stereocenters. The zero-order chi connectivity index (χ0) is 8.39. The molecule has 2 rings (SSSR count). The van der Waals surface area contributed by atoms with E-state index < -0.39 is 0 Å². The molecule has 0 bridgehead atoms. The van der Waals surface area contributed by atoms with Crippen molar-refractivity contribution in [2.24, 2.45) is 0 Å². The summed E-state index contributed by atoms with van der Waals surface area (Å²) in [6.45, 7) is 2.06. The maximum absolute atomic E-state index is 4.77. The van der Waals surface area contributed by atoms with Gasteiger partial charge in [0.25, 0.3) is 0 Å². The molecule has 0 aliphatic heterocycles. The van der Waals surface area contributed by atoms with Crippen molar-refractivity contribution in [2.45, 2.75) is 6.92 Å². The van der Waals surface area contributed by atoms with Crippen LogP contribution < -0.4 is 0 Å². The van der Waals surface area contributed by atoms with Crippen molar-refractivity contribution in [3.8, 4) is 11.3 Å². The lowest BCUT2D eigenvalue weighted by molar-refractivity contribution is 0.422. The minimum Gasteiger partial charge on any atom is -0.364 e.